The van der Waals surface area contributed by atoms with Gasteiger partial charge in [-0.05, 0) is 43.9 Å². The first-order valence-electron chi connectivity index (χ1n) is 7.76. The van der Waals surface area contributed by atoms with E-state index in [1.807, 2.05) is 26.0 Å². The SMILES string of the molecule is Cc1ccc2[nH]c(C(=O)N3C[C@H](CCO)[C@@H](N)C3)c(C)c2c1. The van der Waals surface area contributed by atoms with Crippen LogP contribution in [0.2, 0.25) is 0 Å². The van der Waals surface area contributed by atoms with Crippen LogP contribution in [0.3, 0.4) is 0 Å². The van der Waals surface area contributed by atoms with Gasteiger partial charge in [0.25, 0.3) is 5.91 Å². The van der Waals surface area contributed by atoms with Crippen molar-refractivity contribution in [3.8, 4) is 0 Å². The molecule has 118 valence electrons. The second-order valence-electron chi connectivity index (χ2n) is 6.32. The third-order valence-electron chi connectivity index (χ3n) is 4.71. The molecule has 3 rings (SSSR count). The lowest BCUT2D eigenvalue weighted by molar-refractivity contribution is 0.0778. The number of carbonyl (C=O) groups excluding carboxylic acids is 1. The Labute approximate surface area is 130 Å². The first-order valence-corrected chi connectivity index (χ1v) is 7.76. The molecule has 1 saturated heterocycles. The summed E-state index contributed by atoms with van der Waals surface area (Å²) in [5, 5.41) is 10.2. The van der Waals surface area contributed by atoms with Crippen LogP contribution >= 0.6 is 0 Å². The smallest absolute Gasteiger partial charge is 0.270 e. The molecule has 0 bridgehead atoms. The number of hydrogen-bond donors (Lipinski definition) is 3. The zero-order valence-electron chi connectivity index (χ0n) is 13.1. The lowest BCUT2D eigenvalue weighted by Gasteiger charge is -2.15. The van der Waals surface area contributed by atoms with Gasteiger partial charge in [0.2, 0.25) is 0 Å². The number of benzene rings is 1. The summed E-state index contributed by atoms with van der Waals surface area (Å²) in [7, 11) is 0. The van der Waals surface area contributed by atoms with Gasteiger partial charge < -0.3 is 20.7 Å². The Bertz CT molecular complexity index is 707. The van der Waals surface area contributed by atoms with Gasteiger partial charge in [-0.1, -0.05) is 11.6 Å². The summed E-state index contributed by atoms with van der Waals surface area (Å²) < 4.78 is 0. The quantitative estimate of drug-likeness (QED) is 0.804. The first kappa shape index (κ1) is 15.1. The number of fused-ring (bicyclic) bond motifs is 1. The second-order valence-corrected chi connectivity index (χ2v) is 6.32. The van der Waals surface area contributed by atoms with Crippen LogP contribution in [0.4, 0.5) is 0 Å². The van der Waals surface area contributed by atoms with Crippen molar-refractivity contribution in [3.63, 3.8) is 0 Å². The third kappa shape index (κ3) is 2.51. The minimum atomic E-state index is -0.0528. The number of H-pyrrole nitrogens is 1. The van der Waals surface area contributed by atoms with Gasteiger partial charge in [-0.3, -0.25) is 4.79 Å². The molecule has 1 fully saturated rings. The third-order valence-corrected chi connectivity index (χ3v) is 4.71. The lowest BCUT2D eigenvalue weighted by Crippen LogP contribution is -2.32. The number of nitrogens with one attached hydrogen (secondary N) is 1. The second kappa shape index (κ2) is 5.74. The number of aromatic amines is 1. The Morgan fingerprint density at radius 3 is 2.91 bits per heavy atom. The van der Waals surface area contributed by atoms with Crippen LogP contribution in [0.25, 0.3) is 10.9 Å². The molecule has 1 aliphatic heterocycles. The van der Waals surface area contributed by atoms with Crippen LogP contribution in [0.15, 0.2) is 18.2 Å². The molecule has 2 atom stereocenters. The van der Waals surface area contributed by atoms with E-state index in [-0.39, 0.29) is 24.5 Å². The monoisotopic (exact) mass is 301 g/mol. The van der Waals surface area contributed by atoms with E-state index in [2.05, 4.69) is 11.1 Å². The fourth-order valence-electron chi connectivity index (χ4n) is 3.35. The Balaban J connectivity index is 1.88. The fourth-order valence-corrected chi connectivity index (χ4v) is 3.35. The van der Waals surface area contributed by atoms with Gasteiger partial charge in [0, 0.05) is 36.6 Å². The summed E-state index contributed by atoms with van der Waals surface area (Å²) in [6, 6.07) is 6.10. The molecule has 5 heteroatoms. The van der Waals surface area contributed by atoms with Gasteiger partial charge in [-0.2, -0.15) is 0 Å². The molecule has 0 unspecified atom stereocenters. The van der Waals surface area contributed by atoms with Gasteiger partial charge in [0.05, 0.1) is 0 Å². The summed E-state index contributed by atoms with van der Waals surface area (Å²) in [6.07, 6.45) is 0.649. The number of rotatable bonds is 3. The average molecular weight is 301 g/mol. The minimum absolute atomic E-state index is 0.00208. The standard InChI is InChI=1S/C17H23N3O2/c1-10-3-4-15-13(7-10)11(2)16(19-15)17(22)20-8-12(5-6-21)14(18)9-20/h3-4,7,12,14,19,21H,5-6,8-9,18H2,1-2H3/t12-,14-/m0/s1. The maximum absolute atomic E-state index is 12.8. The van der Waals surface area contributed by atoms with Crippen molar-refractivity contribution in [2.75, 3.05) is 19.7 Å². The Kier molecular flexibility index (Phi) is 3.93. The van der Waals surface area contributed by atoms with E-state index >= 15 is 0 Å². The summed E-state index contributed by atoms with van der Waals surface area (Å²) in [6.45, 7) is 5.32. The van der Waals surface area contributed by atoms with E-state index in [1.165, 1.54) is 5.56 Å². The maximum atomic E-state index is 12.8. The van der Waals surface area contributed by atoms with Crippen molar-refractivity contribution < 1.29 is 9.90 Å². The number of hydrogen-bond acceptors (Lipinski definition) is 3. The molecule has 0 spiro atoms. The van der Waals surface area contributed by atoms with Crippen LogP contribution in [0.1, 0.15) is 28.0 Å². The topological polar surface area (TPSA) is 82.3 Å². The molecule has 1 amide bonds. The minimum Gasteiger partial charge on any atom is -0.396 e. The van der Waals surface area contributed by atoms with E-state index in [1.54, 1.807) is 4.90 Å². The van der Waals surface area contributed by atoms with Gasteiger partial charge in [0.15, 0.2) is 0 Å². The maximum Gasteiger partial charge on any atom is 0.270 e. The predicted molar refractivity (Wildman–Crippen MR) is 86.8 cm³/mol. The van der Waals surface area contributed by atoms with Crippen LogP contribution in [0.5, 0.6) is 0 Å². The molecule has 5 nitrogen and oxygen atoms in total. The Morgan fingerprint density at radius 2 is 2.18 bits per heavy atom. The van der Waals surface area contributed by atoms with E-state index < -0.39 is 0 Å². The predicted octanol–water partition coefficient (Wildman–Crippen LogP) is 1.57. The molecule has 4 N–H and O–H groups in total. The Morgan fingerprint density at radius 1 is 1.41 bits per heavy atom. The number of aromatic nitrogens is 1. The van der Waals surface area contributed by atoms with Gasteiger partial charge >= 0.3 is 0 Å². The molecule has 2 heterocycles. The molecule has 0 saturated carbocycles. The van der Waals surface area contributed by atoms with E-state index in [0.29, 0.717) is 25.2 Å². The highest BCUT2D eigenvalue weighted by Gasteiger charge is 2.34. The van der Waals surface area contributed by atoms with Crippen LogP contribution in [-0.2, 0) is 0 Å². The molecule has 0 aliphatic carbocycles. The Hall–Kier alpha value is -1.85. The molecular formula is C17H23N3O2. The van der Waals surface area contributed by atoms with Crippen molar-refractivity contribution in [2.24, 2.45) is 11.7 Å². The lowest BCUT2D eigenvalue weighted by atomic mass is 10.0. The summed E-state index contributed by atoms with van der Waals surface area (Å²) in [5.41, 5.74) is 9.90. The molecule has 2 aromatic rings. The molecule has 22 heavy (non-hydrogen) atoms. The number of aliphatic hydroxyl groups excluding tert-OH is 1. The zero-order valence-corrected chi connectivity index (χ0v) is 13.1. The van der Waals surface area contributed by atoms with Crippen LogP contribution in [0, 0.1) is 19.8 Å². The number of nitrogens with zero attached hydrogens (tertiary/aromatic N) is 1. The number of carbonyl (C=O) groups is 1. The van der Waals surface area contributed by atoms with Gasteiger partial charge in [-0.15, -0.1) is 0 Å². The highest BCUT2D eigenvalue weighted by Crippen LogP contribution is 2.26. The molecular weight excluding hydrogens is 278 g/mol. The normalized spacial score (nSPS) is 21.7. The van der Waals surface area contributed by atoms with E-state index in [9.17, 15) is 4.79 Å². The van der Waals surface area contributed by atoms with Crippen molar-refractivity contribution >= 4 is 16.8 Å². The van der Waals surface area contributed by atoms with Gasteiger partial charge in [-0.25, -0.2) is 0 Å². The molecule has 1 aromatic carbocycles. The zero-order chi connectivity index (χ0) is 15.9. The van der Waals surface area contributed by atoms with Crippen molar-refractivity contribution in [1.29, 1.82) is 0 Å². The summed E-state index contributed by atoms with van der Waals surface area (Å²) in [4.78, 5) is 17.8. The molecule has 0 radical (unpaired) electrons. The number of aliphatic hydroxyl groups is 1. The van der Waals surface area contributed by atoms with E-state index in [4.69, 9.17) is 10.8 Å². The summed E-state index contributed by atoms with van der Waals surface area (Å²) in [5.74, 6) is 0.183. The van der Waals surface area contributed by atoms with Crippen molar-refractivity contribution in [2.45, 2.75) is 26.3 Å². The number of likely N-dealkylation sites (tertiary alicyclic amines) is 1. The van der Waals surface area contributed by atoms with Crippen LogP contribution in [-0.4, -0.2) is 46.6 Å². The van der Waals surface area contributed by atoms with Crippen LogP contribution < -0.4 is 5.73 Å². The fraction of sp³-hybridized carbons (Fsp3) is 0.471. The number of amides is 1. The van der Waals surface area contributed by atoms with Crippen molar-refractivity contribution in [3.05, 3.63) is 35.0 Å². The van der Waals surface area contributed by atoms with E-state index in [0.717, 1.165) is 16.5 Å². The first-order chi connectivity index (χ1) is 10.5. The number of nitrogens with two attached hydrogens (primary N) is 1. The number of aryl methyl sites for hydroxylation is 2. The molecule has 1 aliphatic rings. The molecule has 1 aromatic heterocycles. The summed E-state index contributed by atoms with van der Waals surface area (Å²) >= 11 is 0. The van der Waals surface area contributed by atoms with Crippen molar-refractivity contribution in [1.82, 2.24) is 9.88 Å². The highest BCUT2D eigenvalue weighted by atomic mass is 16.3. The average Bonchev–Trinajstić information content (AvgIpc) is 3.01. The van der Waals surface area contributed by atoms with Gasteiger partial charge in [0.1, 0.15) is 5.69 Å². The highest BCUT2D eigenvalue weighted by molar-refractivity contribution is 6.01. The largest absolute Gasteiger partial charge is 0.396 e.